The van der Waals surface area contributed by atoms with E-state index in [0.717, 1.165) is 12.8 Å². The normalized spacial score (nSPS) is 17.8. The van der Waals surface area contributed by atoms with Gasteiger partial charge in [-0.2, -0.15) is 0 Å². The van der Waals surface area contributed by atoms with Gasteiger partial charge in [-0.05, 0) is 18.9 Å². The van der Waals surface area contributed by atoms with Crippen LogP contribution >= 0.6 is 11.6 Å². The van der Waals surface area contributed by atoms with Crippen LogP contribution in [-0.4, -0.2) is 16.9 Å². The Morgan fingerprint density at radius 2 is 2.07 bits per heavy atom. The van der Waals surface area contributed by atoms with E-state index in [0.29, 0.717) is 29.5 Å². The highest BCUT2D eigenvalue weighted by Gasteiger charge is 2.20. The van der Waals surface area contributed by atoms with E-state index in [1.54, 1.807) is 18.3 Å². The van der Waals surface area contributed by atoms with Gasteiger partial charge in [0.25, 0.3) is 0 Å². The largest absolute Gasteiger partial charge is 0.474 e. The Bertz CT molecular complexity index is 340. The van der Waals surface area contributed by atoms with Crippen LogP contribution in [-0.2, 0) is 4.79 Å². The van der Waals surface area contributed by atoms with Gasteiger partial charge < -0.3 is 4.74 Å². The minimum atomic E-state index is 0.122. The zero-order valence-corrected chi connectivity index (χ0v) is 9.04. The quantitative estimate of drug-likeness (QED) is 0.777. The minimum Gasteiger partial charge on any atom is -0.474 e. The summed E-state index contributed by atoms with van der Waals surface area (Å²) in [6, 6.07) is 3.50. The van der Waals surface area contributed by atoms with E-state index < -0.39 is 0 Å². The molecule has 1 saturated carbocycles. The number of carbonyl (C=O) groups excluding carboxylic acids is 1. The van der Waals surface area contributed by atoms with Crippen molar-refractivity contribution in [3.8, 4) is 5.88 Å². The summed E-state index contributed by atoms with van der Waals surface area (Å²) in [5, 5.41) is 0.598. The zero-order valence-electron chi connectivity index (χ0n) is 8.28. The van der Waals surface area contributed by atoms with Crippen LogP contribution in [0.5, 0.6) is 5.88 Å². The monoisotopic (exact) mass is 225 g/mol. The van der Waals surface area contributed by atoms with Crippen molar-refractivity contribution in [2.24, 2.45) is 0 Å². The molecule has 1 fully saturated rings. The highest BCUT2D eigenvalue weighted by molar-refractivity contribution is 6.30. The zero-order chi connectivity index (χ0) is 10.7. The molecule has 1 aliphatic carbocycles. The average Bonchev–Trinajstić information content (AvgIpc) is 2.25. The average molecular weight is 226 g/mol. The minimum absolute atomic E-state index is 0.122. The van der Waals surface area contributed by atoms with Crippen LogP contribution in [0.3, 0.4) is 0 Å². The van der Waals surface area contributed by atoms with Crippen molar-refractivity contribution >= 4 is 17.4 Å². The molecule has 80 valence electrons. The van der Waals surface area contributed by atoms with Gasteiger partial charge in [0.05, 0.1) is 5.02 Å². The van der Waals surface area contributed by atoms with Crippen molar-refractivity contribution in [2.75, 3.05) is 0 Å². The van der Waals surface area contributed by atoms with Gasteiger partial charge in [-0.3, -0.25) is 4.79 Å². The van der Waals surface area contributed by atoms with Gasteiger partial charge in [-0.1, -0.05) is 11.6 Å². The molecule has 0 atom stereocenters. The van der Waals surface area contributed by atoms with Gasteiger partial charge in [-0.25, -0.2) is 4.98 Å². The fourth-order valence-electron chi connectivity index (χ4n) is 1.63. The number of carbonyl (C=O) groups is 1. The van der Waals surface area contributed by atoms with Crippen LogP contribution in [0.1, 0.15) is 25.7 Å². The lowest BCUT2D eigenvalue weighted by molar-refractivity contribution is -0.121. The van der Waals surface area contributed by atoms with Crippen molar-refractivity contribution in [3.05, 3.63) is 23.4 Å². The summed E-state index contributed by atoms with van der Waals surface area (Å²) in [5.74, 6) is 0.915. The van der Waals surface area contributed by atoms with E-state index in [9.17, 15) is 4.79 Å². The molecule has 1 aromatic rings. The second-order valence-corrected chi connectivity index (χ2v) is 4.11. The van der Waals surface area contributed by atoms with Gasteiger partial charge in [0.1, 0.15) is 11.9 Å². The fourth-order valence-corrected chi connectivity index (χ4v) is 1.75. The Morgan fingerprint density at radius 3 is 2.67 bits per heavy atom. The molecule has 0 radical (unpaired) electrons. The lowest BCUT2D eigenvalue weighted by Crippen LogP contribution is -2.24. The highest BCUT2D eigenvalue weighted by Crippen LogP contribution is 2.21. The smallest absolute Gasteiger partial charge is 0.213 e. The molecule has 3 nitrogen and oxygen atoms in total. The molecule has 0 aromatic carbocycles. The van der Waals surface area contributed by atoms with Crippen LogP contribution in [0.2, 0.25) is 5.02 Å². The van der Waals surface area contributed by atoms with Gasteiger partial charge in [0, 0.05) is 25.1 Å². The predicted molar refractivity (Wildman–Crippen MR) is 57.1 cm³/mol. The number of nitrogens with zero attached hydrogens (tertiary/aromatic N) is 1. The van der Waals surface area contributed by atoms with E-state index in [2.05, 4.69) is 4.98 Å². The van der Waals surface area contributed by atoms with Crippen LogP contribution in [0.15, 0.2) is 18.3 Å². The number of aromatic nitrogens is 1. The molecule has 0 unspecified atom stereocenters. The maximum atomic E-state index is 11.0. The molecular weight excluding hydrogens is 214 g/mol. The second kappa shape index (κ2) is 4.62. The number of hydrogen-bond acceptors (Lipinski definition) is 3. The number of Topliss-reactive ketones (excluding diaryl/α,β-unsaturated/α-hetero) is 1. The molecule has 0 amide bonds. The van der Waals surface area contributed by atoms with Crippen LogP contribution in [0.4, 0.5) is 0 Å². The summed E-state index contributed by atoms with van der Waals surface area (Å²) in [4.78, 5) is 15.1. The van der Waals surface area contributed by atoms with E-state index in [1.807, 2.05) is 0 Å². The van der Waals surface area contributed by atoms with Crippen molar-refractivity contribution in [3.63, 3.8) is 0 Å². The van der Waals surface area contributed by atoms with E-state index in [4.69, 9.17) is 16.3 Å². The van der Waals surface area contributed by atoms with Crippen LogP contribution < -0.4 is 4.74 Å². The van der Waals surface area contributed by atoms with E-state index in [-0.39, 0.29) is 6.10 Å². The number of ether oxygens (including phenoxy) is 1. The number of pyridine rings is 1. The summed E-state index contributed by atoms with van der Waals surface area (Å²) in [6.45, 7) is 0. The molecule has 0 bridgehead atoms. The molecule has 0 spiro atoms. The van der Waals surface area contributed by atoms with Crippen molar-refractivity contribution < 1.29 is 9.53 Å². The molecular formula is C11H12ClNO2. The number of halogens is 1. The highest BCUT2D eigenvalue weighted by atomic mass is 35.5. The second-order valence-electron chi connectivity index (χ2n) is 3.67. The molecule has 0 N–H and O–H groups in total. The van der Waals surface area contributed by atoms with Crippen LogP contribution in [0.25, 0.3) is 0 Å². The standard InChI is InChI=1S/C11H12ClNO2/c12-8-1-6-11(13-7-8)15-10-4-2-9(14)3-5-10/h1,6-7,10H,2-5H2. The Morgan fingerprint density at radius 1 is 1.33 bits per heavy atom. The summed E-state index contributed by atoms with van der Waals surface area (Å²) in [6.07, 6.45) is 4.52. The summed E-state index contributed by atoms with van der Waals surface area (Å²) >= 11 is 5.71. The van der Waals surface area contributed by atoms with Crippen molar-refractivity contribution in [1.29, 1.82) is 0 Å². The Labute approximate surface area is 93.4 Å². The number of rotatable bonds is 2. The summed E-state index contributed by atoms with van der Waals surface area (Å²) in [5.41, 5.74) is 0. The Hall–Kier alpha value is -1.09. The molecule has 4 heteroatoms. The topological polar surface area (TPSA) is 39.2 Å². The maximum Gasteiger partial charge on any atom is 0.213 e. The van der Waals surface area contributed by atoms with Crippen molar-refractivity contribution in [2.45, 2.75) is 31.8 Å². The molecule has 0 saturated heterocycles. The fraction of sp³-hybridized carbons (Fsp3) is 0.455. The van der Waals surface area contributed by atoms with Crippen LogP contribution in [0, 0.1) is 0 Å². The molecule has 15 heavy (non-hydrogen) atoms. The Kier molecular flexibility index (Phi) is 3.21. The van der Waals surface area contributed by atoms with E-state index >= 15 is 0 Å². The third-order valence-corrected chi connectivity index (χ3v) is 2.70. The lowest BCUT2D eigenvalue weighted by Gasteiger charge is -2.21. The number of ketones is 1. The predicted octanol–water partition coefficient (Wildman–Crippen LogP) is 2.63. The lowest BCUT2D eigenvalue weighted by atomic mass is 9.96. The first-order valence-corrected chi connectivity index (χ1v) is 5.42. The first-order valence-electron chi connectivity index (χ1n) is 5.04. The first kappa shape index (κ1) is 10.4. The molecule has 2 rings (SSSR count). The van der Waals surface area contributed by atoms with Gasteiger partial charge in [-0.15, -0.1) is 0 Å². The molecule has 1 heterocycles. The SMILES string of the molecule is O=C1CCC(Oc2ccc(Cl)cn2)CC1. The van der Waals surface area contributed by atoms with Gasteiger partial charge in [0.2, 0.25) is 5.88 Å². The van der Waals surface area contributed by atoms with E-state index in [1.165, 1.54) is 0 Å². The van der Waals surface area contributed by atoms with Gasteiger partial charge >= 0.3 is 0 Å². The summed E-state index contributed by atoms with van der Waals surface area (Å²) in [7, 11) is 0. The Balaban J connectivity index is 1.91. The van der Waals surface area contributed by atoms with Gasteiger partial charge in [0.15, 0.2) is 0 Å². The molecule has 0 aliphatic heterocycles. The number of hydrogen-bond donors (Lipinski definition) is 0. The first-order chi connectivity index (χ1) is 7.24. The third-order valence-electron chi connectivity index (χ3n) is 2.48. The molecule has 1 aromatic heterocycles. The maximum absolute atomic E-state index is 11.0. The molecule has 1 aliphatic rings. The van der Waals surface area contributed by atoms with Crippen molar-refractivity contribution in [1.82, 2.24) is 4.98 Å². The summed E-state index contributed by atoms with van der Waals surface area (Å²) < 4.78 is 5.64. The third kappa shape index (κ3) is 2.93.